The Hall–Kier alpha value is -0.870. The Morgan fingerprint density at radius 1 is 1.62 bits per heavy atom. The van der Waals surface area contributed by atoms with Crippen LogP contribution in [0.4, 0.5) is 0 Å². The molecule has 2 N–H and O–H groups in total. The minimum absolute atomic E-state index is 0.637. The first kappa shape index (κ1) is 11.6. The van der Waals surface area contributed by atoms with Gasteiger partial charge < -0.3 is 15.1 Å². The molecule has 0 amide bonds. The molecular formula is C12H21N3O. The largest absolute Gasteiger partial charge is 0.449 e. The summed E-state index contributed by atoms with van der Waals surface area (Å²) in [6.45, 7) is 3.02. The second kappa shape index (κ2) is 5.46. The van der Waals surface area contributed by atoms with Crippen molar-refractivity contribution >= 4 is 0 Å². The van der Waals surface area contributed by atoms with E-state index >= 15 is 0 Å². The molecule has 1 aliphatic heterocycles. The van der Waals surface area contributed by atoms with E-state index < -0.39 is 0 Å². The summed E-state index contributed by atoms with van der Waals surface area (Å²) in [7, 11) is 2.18. The number of oxazole rings is 1. The highest BCUT2D eigenvalue weighted by molar-refractivity contribution is 4.98. The van der Waals surface area contributed by atoms with Gasteiger partial charge in [0.25, 0.3) is 0 Å². The average molecular weight is 223 g/mol. The Morgan fingerprint density at radius 2 is 2.50 bits per heavy atom. The first-order valence-corrected chi connectivity index (χ1v) is 6.10. The second-order valence-electron chi connectivity index (χ2n) is 4.75. The van der Waals surface area contributed by atoms with Gasteiger partial charge in [-0.15, -0.1) is 0 Å². The molecule has 1 aromatic rings. The average Bonchev–Trinajstić information content (AvgIpc) is 2.66. The van der Waals surface area contributed by atoms with Gasteiger partial charge in [-0.2, -0.15) is 0 Å². The molecule has 1 aromatic heterocycles. The van der Waals surface area contributed by atoms with Crippen LogP contribution in [0, 0.1) is 5.92 Å². The van der Waals surface area contributed by atoms with E-state index in [-0.39, 0.29) is 0 Å². The number of nitrogens with two attached hydrogens (primary N) is 1. The highest BCUT2D eigenvalue weighted by Gasteiger charge is 2.19. The summed E-state index contributed by atoms with van der Waals surface area (Å²) in [4.78, 5) is 6.84. The zero-order valence-electron chi connectivity index (χ0n) is 9.98. The Kier molecular flexibility index (Phi) is 3.96. The van der Waals surface area contributed by atoms with Gasteiger partial charge >= 0.3 is 0 Å². The van der Waals surface area contributed by atoms with Crippen LogP contribution in [-0.4, -0.2) is 36.6 Å². The van der Waals surface area contributed by atoms with Gasteiger partial charge in [0.2, 0.25) is 0 Å². The predicted octanol–water partition coefficient (Wildman–Crippen LogP) is 1.06. The lowest BCUT2D eigenvalue weighted by atomic mass is 9.95. The number of likely N-dealkylation sites (tertiary alicyclic amines) is 1. The van der Waals surface area contributed by atoms with Gasteiger partial charge in [0.05, 0.1) is 5.69 Å². The lowest BCUT2D eigenvalue weighted by Gasteiger charge is -2.28. The number of hydrogen-bond donors (Lipinski definition) is 1. The molecule has 90 valence electrons. The molecule has 0 saturated carbocycles. The summed E-state index contributed by atoms with van der Waals surface area (Å²) in [6.07, 6.45) is 6.11. The number of piperidine rings is 1. The van der Waals surface area contributed by atoms with Gasteiger partial charge in [0.15, 0.2) is 5.89 Å². The standard InChI is InChI=1S/C12H21N3O/c1-15-6-2-3-10(8-15)7-12-14-11(4-5-13)9-16-12/h9-10H,2-8,13H2,1H3. The fourth-order valence-corrected chi connectivity index (χ4v) is 2.39. The molecule has 1 atom stereocenters. The highest BCUT2D eigenvalue weighted by Crippen LogP contribution is 2.19. The van der Waals surface area contributed by atoms with Crippen molar-refractivity contribution in [3.8, 4) is 0 Å². The van der Waals surface area contributed by atoms with Crippen LogP contribution < -0.4 is 5.73 Å². The number of aromatic nitrogens is 1. The molecule has 0 aliphatic carbocycles. The molecular weight excluding hydrogens is 202 g/mol. The summed E-state index contributed by atoms with van der Waals surface area (Å²) < 4.78 is 5.47. The predicted molar refractivity (Wildman–Crippen MR) is 63.2 cm³/mol. The SMILES string of the molecule is CN1CCCC(Cc2nc(CCN)co2)C1. The molecule has 16 heavy (non-hydrogen) atoms. The van der Waals surface area contributed by atoms with Crippen molar-refractivity contribution in [3.05, 3.63) is 17.8 Å². The summed E-state index contributed by atoms with van der Waals surface area (Å²) >= 11 is 0. The van der Waals surface area contributed by atoms with E-state index in [2.05, 4.69) is 16.9 Å². The number of rotatable bonds is 4. The van der Waals surface area contributed by atoms with Gasteiger partial charge in [0, 0.05) is 19.4 Å². The first-order chi connectivity index (χ1) is 7.78. The minimum atomic E-state index is 0.637. The maximum absolute atomic E-state index is 5.48. The summed E-state index contributed by atoms with van der Waals surface area (Å²) in [6, 6.07) is 0. The van der Waals surface area contributed by atoms with Gasteiger partial charge in [-0.25, -0.2) is 4.98 Å². The molecule has 0 radical (unpaired) electrons. The van der Waals surface area contributed by atoms with Gasteiger partial charge in [-0.3, -0.25) is 0 Å². The Balaban J connectivity index is 1.87. The maximum atomic E-state index is 5.48. The van der Waals surface area contributed by atoms with E-state index in [4.69, 9.17) is 10.2 Å². The maximum Gasteiger partial charge on any atom is 0.194 e. The summed E-state index contributed by atoms with van der Waals surface area (Å²) in [5, 5.41) is 0. The third kappa shape index (κ3) is 3.06. The van der Waals surface area contributed by atoms with Crippen molar-refractivity contribution in [2.24, 2.45) is 11.7 Å². The molecule has 4 nitrogen and oxygen atoms in total. The zero-order valence-corrected chi connectivity index (χ0v) is 9.98. The molecule has 2 rings (SSSR count). The third-order valence-corrected chi connectivity index (χ3v) is 3.19. The molecule has 2 heterocycles. The van der Waals surface area contributed by atoms with Crippen molar-refractivity contribution in [1.82, 2.24) is 9.88 Å². The van der Waals surface area contributed by atoms with E-state index in [0.717, 1.165) is 31.0 Å². The molecule has 0 aromatic carbocycles. The second-order valence-corrected chi connectivity index (χ2v) is 4.75. The van der Waals surface area contributed by atoms with E-state index in [1.165, 1.54) is 19.4 Å². The molecule has 0 spiro atoms. The highest BCUT2D eigenvalue weighted by atomic mass is 16.3. The Labute approximate surface area is 96.8 Å². The quantitative estimate of drug-likeness (QED) is 0.829. The van der Waals surface area contributed by atoms with E-state index in [9.17, 15) is 0 Å². The first-order valence-electron chi connectivity index (χ1n) is 6.10. The van der Waals surface area contributed by atoms with Crippen LogP contribution in [0.1, 0.15) is 24.4 Å². The van der Waals surface area contributed by atoms with Crippen LogP contribution in [-0.2, 0) is 12.8 Å². The van der Waals surface area contributed by atoms with Crippen LogP contribution in [0.2, 0.25) is 0 Å². The van der Waals surface area contributed by atoms with Crippen LogP contribution in [0.3, 0.4) is 0 Å². The molecule has 1 fully saturated rings. The van der Waals surface area contributed by atoms with Gasteiger partial charge in [0.1, 0.15) is 6.26 Å². The van der Waals surface area contributed by atoms with E-state index in [0.29, 0.717) is 12.5 Å². The normalized spacial score (nSPS) is 22.5. The molecule has 1 aliphatic rings. The zero-order chi connectivity index (χ0) is 11.4. The summed E-state index contributed by atoms with van der Waals surface area (Å²) in [5.74, 6) is 1.58. The van der Waals surface area contributed by atoms with Crippen LogP contribution in [0.15, 0.2) is 10.7 Å². The van der Waals surface area contributed by atoms with Gasteiger partial charge in [-0.05, 0) is 38.9 Å². The van der Waals surface area contributed by atoms with Crippen molar-refractivity contribution in [2.45, 2.75) is 25.7 Å². The van der Waals surface area contributed by atoms with Crippen molar-refractivity contribution < 1.29 is 4.42 Å². The van der Waals surface area contributed by atoms with Gasteiger partial charge in [-0.1, -0.05) is 0 Å². The Bertz CT molecular complexity index is 324. The topological polar surface area (TPSA) is 55.3 Å². The van der Waals surface area contributed by atoms with Crippen LogP contribution in [0.5, 0.6) is 0 Å². The lowest BCUT2D eigenvalue weighted by Crippen LogP contribution is -2.33. The van der Waals surface area contributed by atoms with E-state index in [1.807, 2.05) is 0 Å². The smallest absolute Gasteiger partial charge is 0.194 e. The number of hydrogen-bond acceptors (Lipinski definition) is 4. The molecule has 0 bridgehead atoms. The fourth-order valence-electron chi connectivity index (χ4n) is 2.39. The third-order valence-electron chi connectivity index (χ3n) is 3.19. The molecule has 1 saturated heterocycles. The van der Waals surface area contributed by atoms with Crippen molar-refractivity contribution in [2.75, 3.05) is 26.7 Å². The lowest BCUT2D eigenvalue weighted by molar-refractivity contribution is 0.202. The minimum Gasteiger partial charge on any atom is -0.449 e. The molecule has 4 heteroatoms. The number of nitrogens with zero attached hydrogens (tertiary/aromatic N) is 2. The molecule has 1 unspecified atom stereocenters. The monoisotopic (exact) mass is 223 g/mol. The fraction of sp³-hybridized carbons (Fsp3) is 0.750. The van der Waals surface area contributed by atoms with Crippen LogP contribution >= 0.6 is 0 Å². The van der Waals surface area contributed by atoms with Crippen LogP contribution in [0.25, 0.3) is 0 Å². The van der Waals surface area contributed by atoms with Crippen molar-refractivity contribution in [1.29, 1.82) is 0 Å². The van der Waals surface area contributed by atoms with Crippen molar-refractivity contribution in [3.63, 3.8) is 0 Å². The van der Waals surface area contributed by atoms with E-state index in [1.54, 1.807) is 6.26 Å². The summed E-state index contributed by atoms with van der Waals surface area (Å²) in [5.41, 5.74) is 6.47. The Morgan fingerprint density at radius 3 is 3.25 bits per heavy atom.